The van der Waals surface area contributed by atoms with Gasteiger partial charge in [-0.1, -0.05) is 24.3 Å². The molecule has 122 valence electrons. The second-order valence-electron chi connectivity index (χ2n) is 6.06. The fourth-order valence-electron chi connectivity index (χ4n) is 3.42. The maximum absolute atomic E-state index is 6.21. The van der Waals surface area contributed by atoms with E-state index < -0.39 is 0 Å². The first-order valence-corrected chi connectivity index (χ1v) is 8.43. The number of hydrogen-bond acceptors (Lipinski definition) is 4. The summed E-state index contributed by atoms with van der Waals surface area (Å²) >= 11 is 0. The predicted molar refractivity (Wildman–Crippen MR) is 98.8 cm³/mol. The van der Waals surface area contributed by atoms with Crippen LogP contribution >= 0.6 is 0 Å². The minimum Gasteiger partial charge on any atom is -0.453 e. The molecule has 1 aromatic carbocycles. The van der Waals surface area contributed by atoms with Crippen molar-refractivity contribution in [2.75, 3.05) is 18.0 Å². The third-order valence-electron chi connectivity index (χ3n) is 4.73. The van der Waals surface area contributed by atoms with E-state index in [1.54, 1.807) is 0 Å². The predicted octanol–water partition coefficient (Wildman–Crippen LogP) is 3.85. The van der Waals surface area contributed by atoms with Crippen LogP contribution < -0.4 is 15.4 Å². The lowest BCUT2D eigenvalue weighted by molar-refractivity contribution is 0.444. The van der Waals surface area contributed by atoms with Gasteiger partial charge in [-0.25, -0.2) is 4.99 Å². The Bertz CT molecular complexity index is 838. The van der Waals surface area contributed by atoms with Crippen molar-refractivity contribution >= 4 is 17.1 Å². The number of fused-ring (bicyclic) bond motifs is 4. The summed E-state index contributed by atoms with van der Waals surface area (Å²) in [6, 6.07) is 6.21. The van der Waals surface area contributed by atoms with Crippen LogP contribution in [-0.2, 0) is 0 Å². The number of ether oxygens (including phenoxy) is 1. The fourth-order valence-corrected chi connectivity index (χ4v) is 3.42. The Balaban J connectivity index is 1.77. The second-order valence-corrected chi connectivity index (χ2v) is 6.06. The molecule has 3 aliphatic rings. The molecule has 0 saturated carbocycles. The molecule has 1 unspecified atom stereocenters. The Kier molecular flexibility index (Phi) is 3.53. The minimum atomic E-state index is 0.0746. The molecule has 0 saturated heterocycles. The second kappa shape index (κ2) is 5.71. The molecule has 0 bridgehead atoms. The summed E-state index contributed by atoms with van der Waals surface area (Å²) < 4.78 is 6.17. The average Bonchev–Trinajstić information content (AvgIpc) is 2.62. The van der Waals surface area contributed by atoms with E-state index in [1.165, 1.54) is 0 Å². The molecule has 0 aromatic heterocycles. The molecular formula is C20H21N3O. The van der Waals surface area contributed by atoms with E-state index in [-0.39, 0.29) is 5.92 Å². The smallest absolute Gasteiger partial charge is 0.155 e. The quantitative estimate of drug-likeness (QED) is 0.920. The molecule has 24 heavy (non-hydrogen) atoms. The summed E-state index contributed by atoms with van der Waals surface area (Å²) in [5.41, 5.74) is 11.0. The first kappa shape index (κ1) is 14.8. The molecule has 0 radical (unpaired) electrons. The van der Waals surface area contributed by atoms with Gasteiger partial charge in [-0.05, 0) is 31.6 Å². The summed E-state index contributed by atoms with van der Waals surface area (Å²) in [5.74, 6) is 1.62. The first-order chi connectivity index (χ1) is 11.7. The molecule has 1 atom stereocenters. The lowest BCUT2D eigenvalue weighted by atomic mass is 9.83. The summed E-state index contributed by atoms with van der Waals surface area (Å²) in [6.45, 7) is 6.23. The highest BCUT2D eigenvalue weighted by Gasteiger charge is 2.32. The van der Waals surface area contributed by atoms with Crippen LogP contribution in [0.2, 0.25) is 0 Å². The van der Waals surface area contributed by atoms with Crippen molar-refractivity contribution in [1.29, 1.82) is 0 Å². The van der Waals surface area contributed by atoms with E-state index in [1.807, 2.05) is 24.3 Å². The molecule has 2 aliphatic carbocycles. The summed E-state index contributed by atoms with van der Waals surface area (Å²) in [7, 11) is 0. The Morgan fingerprint density at radius 1 is 1.21 bits per heavy atom. The Hall–Kier alpha value is -2.75. The maximum atomic E-state index is 6.21. The highest BCUT2D eigenvalue weighted by Crippen LogP contribution is 2.41. The van der Waals surface area contributed by atoms with Gasteiger partial charge in [0.25, 0.3) is 0 Å². The lowest BCUT2D eigenvalue weighted by Gasteiger charge is -2.30. The van der Waals surface area contributed by atoms with Crippen LogP contribution in [0.15, 0.2) is 70.6 Å². The largest absolute Gasteiger partial charge is 0.453 e. The normalized spacial score (nSPS) is 20.5. The molecule has 1 aliphatic heterocycles. The third-order valence-corrected chi connectivity index (χ3v) is 4.73. The number of allylic oxidation sites excluding steroid dienone is 7. The van der Waals surface area contributed by atoms with E-state index in [9.17, 15) is 0 Å². The molecule has 0 fully saturated rings. The van der Waals surface area contributed by atoms with Crippen LogP contribution in [0.5, 0.6) is 5.75 Å². The van der Waals surface area contributed by atoms with Crippen molar-refractivity contribution in [1.82, 2.24) is 0 Å². The van der Waals surface area contributed by atoms with E-state index in [2.05, 4.69) is 43.0 Å². The number of nitrogens with two attached hydrogens (primary N) is 1. The number of anilines is 1. The molecule has 0 spiro atoms. The van der Waals surface area contributed by atoms with Crippen LogP contribution in [0.1, 0.15) is 13.8 Å². The average molecular weight is 319 g/mol. The Labute approximate surface area is 142 Å². The van der Waals surface area contributed by atoms with Crippen molar-refractivity contribution in [3.8, 4) is 5.75 Å². The molecule has 4 nitrogen and oxygen atoms in total. The molecular weight excluding hydrogens is 298 g/mol. The van der Waals surface area contributed by atoms with Crippen LogP contribution in [0, 0.1) is 5.92 Å². The summed E-state index contributed by atoms with van der Waals surface area (Å²) in [6.07, 6.45) is 10.1. The fraction of sp³-hybridized carbons (Fsp3) is 0.250. The van der Waals surface area contributed by atoms with Gasteiger partial charge in [-0.3, -0.25) is 0 Å². The van der Waals surface area contributed by atoms with Gasteiger partial charge in [-0.15, -0.1) is 0 Å². The minimum absolute atomic E-state index is 0.0746. The number of rotatable bonds is 3. The first-order valence-electron chi connectivity index (χ1n) is 8.43. The number of nitrogens with zero attached hydrogens (tertiary/aromatic N) is 2. The van der Waals surface area contributed by atoms with Gasteiger partial charge < -0.3 is 15.4 Å². The molecule has 4 heteroatoms. The molecule has 2 N–H and O–H groups in total. The Morgan fingerprint density at radius 2 is 2.04 bits per heavy atom. The highest BCUT2D eigenvalue weighted by molar-refractivity contribution is 6.08. The zero-order chi connectivity index (χ0) is 16.7. The van der Waals surface area contributed by atoms with Crippen molar-refractivity contribution in [3.05, 3.63) is 65.6 Å². The summed E-state index contributed by atoms with van der Waals surface area (Å²) in [5, 5.41) is 0. The Morgan fingerprint density at radius 3 is 2.83 bits per heavy atom. The standard InChI is InChI=1S/C20H21N3O/c1-3-23(4-2)13-9-10-17-18(11-13)24-19-12-16(21)14-7-5-6-8-15(14)20(19)22-17/h5-12,15H,3-4,21H2,1-2H3. The van der Waals surface area contributed by atoms with Crippen molar-refractivity contribution < 1.29 is 4.74 Å². The van der Waals surface area contributed by atoms with Gasteiger partial charge in [0.05, 0.1) is 11.6 Å². The van der Waals surface area contributed by atoms with Crippen LogP contribution in [0.4, 0.5) is 11.4 Å². The number of hydrogen-bond donors (Lipinski definition) is 1. The van der Waals surface area contributed by atoms with Gasteiger partial charge in [0.1, 0.15) is 5.69 Å². The number of aliphatic imine (C=N–C) groups is 1. The van der Waals surface area contributed by atoms with Gasteiger partial charge >= 0.3 is 0 Å². The van der Waals surface area contributed by atoms with Gasteiger partial charge in [-0.2, -0.15) is 0 Å². The molecule has 1 heterocycles. The van der Waals surface area contributed by atoms with Crippen LogP contribution in [-0.4, -0.2) is 18.8 Å². The van der Waals surface area contributed by atoms with Crippen LogP contribution in [0.25, 0.3) is 0 Å². The zero-order valence-corrected chi connectivity index (χ0v) is 14.0. The van der Waals surface area contributed by atoms with E-state index >= 15 is 0 Å². The third kappa shape index (κ3) is 2.26. The molecule has 1 aromatic rings. The highest BCUT2D eigenvalue weighted by atomic mass is 16.5. The zero-order valence-electron chi connectivity index (χ0n) is 14.0. The van der Waals surface area contributed by atoms with Crippen LogP contribution in [0.3, 0.4) is 0 Å². The molecule has 4 rings (SSSR count). The SMILES string of the molecule is CCN(CC)c1ccc2c(c1)OC1=CC(N)=C3C=CC=CC3C1=N2. The topological polar surface area (TPSA) is 50.9 Å². The number of benzene rings is 1. The monoisotopic (exact) mass is 319 g/mol. The van der Waals surface area contributed by atoms with Crippen molar-refractivity contribution in [2.45, 2.75) is 13.8 Å². The molecule has 0 amide bonds. The van der Waals surface area contributed by atoms with Gasteiger partial charge in [0.2, 0.25) is 0 Å². The van der Waals surface area contributed by atoms with Crippen molar-refractivity contribution in [3.63, 3.8) is 0 Å². The van der Waals surface area contributed by atoms with E-state index in [0.29, 0.717) is 0 Å². The maximum Gasteiger partial charge on any atom is 0.155 e. The van der Waals surface area contributed by atoms with E-state index in [0.717, 1.165) is 53.0 Å². The lowest BCUT2D eigenvalue weighted by Crippen LogP contribution is -2.29. The summed E-state index contributed by atoms with van der Waals surface area (Å²) in [4.78, 5) is 7.16. The van der Waals surface area contributed by atoms with Crippen molar-refractivity contribution in [2.24, 2.45) is 16.6 Å². The van der Waals surface area contributed by atoms with E-state index in [4.69, 9.17) is 15.5 Å². The van der Waals surface area contributed by atoms with Gasteiger partial charge in [0.15, 0.2) is 11.5 Å². The van der Waals surface area contributed by atoms with Gasteiger partial charge in [0, 0.05) is 36.6 Å².